The number of halogens is 1. The highest BCUT2D eigenvalue weighted by molar-refractivity contribution is 7.90. The molecule has 0 spiro atoms. The molecule has 4 rings (SSSR count). The molecule has 0 saturated heterocycles. The summed E-state index contributed by atoms with van der Waals surface area (Å²) >= 11 is 5.96. The molecule has 0 aliphatic heterocycles. The van der Waals surface area contributed by atoms with Crippen LogP contribution in [0.2, 0.25) is 5.02 Å². The summed E-state index contributed by atoms with van der Waals surface area (Å²) in [6.45, 7) is 0.282. The van der Waals surface area contributed by atoms with Gasteiger partial charge in [-0.25, -0.2) is 13.1 Å². The number of rotatable bonds is 6. The van der Waals surface area contributed by atoms with Crippen LogP contribution in [0.15, 0.2) is 94.7 Å². The number of ether oxygens (including phenoxy) is 1. The SMILES string of the molecule is CS(=O)(=O)c1ccc(-c2cnn(Cc3ccccc3)c(=O)c2Oc2ccc(Cl)cc2)cc1. The summed E-state index contributed by atoms with van der Waals surface area (Å²) < 4.78 is 30.9. The monoisotopic (exact) mass is 466 g/mol. The molecular weight excluding hydrogens is 448 g/mol. The fourth-order valence-corrected chi connectivity index (χ4v) is 3.90. The van der Waals surface area contributed by atoms with E-state index >= 15 is 0 Å². The Balaban J connectivity index is 1.80. The van der Waals surface area contributed by atoms with Crippen LogP contribution < -0.4 is 10.3 Å². The quantitative estimate of drug-likeness (QED) is 0.407. The first-order chi connectivity index (χ1) is 15.3. The summed E-state index contributed by atoms with van der Waals surface area (Å²) in [6, 6.07) is 22.4. The number of sulfone groups is 1. The third-order valence-corrected chi connectivity index (χ3v) is 6.18. The molecule has 3 aromatic carbocycles. The average molecular weight is 467 g/mol. The first kappa shape index (κ1) is 21.8. The number of hydrogen-bond acceptors (Lipinski definition) is 5. The molecule has 0 N–H and O–H groups in total. The van der Waals surface area contributed by atoms with Gasteiger partial charge in [0.25, 0.3) is 0 Å². The predicted octanol–water partition coefficient (Wildman–Crippen LogP) is 4.81. The second-order valence-corrected chi connectivity index (χ2v) is 9.64. The summed E-state index contributed by atoms with van der Waals surface area (Å²) in [7, 11) is -3.34. The Bertz CT molecular complexity index is 1400. The fraction of sp³-hybridized carbons (Fsp3) is 0.0833. The highest BCUT2D eigenvalue weighted by atomic mass is 35.5. The van der Waals surface area contributed by atoms with E-state index in [2.05, 4.69) is 5.10 Å². The Labute approximate surface area is 190 Å². The molecule has 32 heavy (non-hydrogen) atoms. The van der Waals surface area contributed by atoms with Crippen LogP contribution in [0.25, 0.3) is 11.1 Å². The smallest absolute Gasteiger partial charge is 0.310 e. The summed E-state index contributed by atoms with van der Waals surface area (Å²) in [4.78, 5) is 13.5. The van der Waals surface area contributed by atoms with Crippen LogP contribution in [0.1, 0.15) is 5.56 Å². The van der Waals surface area contributed by atoms with E-state index in [4.69, 9.17) is 16.3 Å². The van der Waals surface area contributed by atoms with Gasteiger partial charge >= 0.3 is 5.56 Å². The zero-order valence-electron chi connectivity index (χ0n) is 17.1. The third-order valence-electron chi connectivity index (χ3n) is 4.80. The van der Waals surface area contributed by atoms with Gasteiger partial charge in [-0.15, -0.1) is 0 Å². The molecule has 162 valence electrons. The molecule has 8 heteroatoms. The lowest BCUT2D eigenvalue weighted by Crippen LogP contribution is -2.24. The summed E-state index contributed by atoms with van der Waals surface area (Å²) in [5, 5.41) is 4.87. The van der Waals surface area contributed by atoms with Gasteiger partial charge in [0.1, 0.15) is 5.75 Å². The van der Waals surface area contributed by atoms with Crippen molar-refractivity contribution in [3.8, 4) is 22.6 Å². The van der Waals surface area contributed by atoms with Crippen molar-refractivity contribution in [2.75, 3.05) is 6.26 Å². The molecule has 0 atom stereocenters. The number of nitrogens with zero attached hydrogens (tertiary/aromatic N) is 2. The van der Waals surface area contributed by atoms with Crippen molar-refractivity contribution in [3.63, 3.8) is 0 Å². The maximum atomic E-state index is 13.3. The van der Waals surface area contributed by atoms with Crippen LogP contribution in [-0.4, -0.2) is 24.5 Å². The van der Waals surface area contributed by atoms with E-state index in [-0.39, 0.29) is 17.2 Å². The Kier molecular flexibility index (Phi) is 6.12. The van der Waals surface area contributed by atoms with Gasteiger partial charge in [0, 0.05) is 11.3 Å². The summed E-state index contributed by atoms with van der Waals surface area (Å²) in [5.41, 5.74) is 1.57. The van der Waals surface area contributed by atoms with Gasteiger partial charge in [-0.3, -0.25) is 4.79 Å². The second-order valence-electron chi connectivity index (χ2n) is 7.19. The normalized spacial score (nSPS) is 11.3. The number of hydrogen-bond donors (Lipinski definition) is 0. The third kappa shape index (κ3) is 4.90. The van der Waals surface area contributed by atoms with Crippen LogP contribution in [0.4, 0.5) is 0 Å². The van der Waals surface area contributed by atoms with Crippen molar-refractivity contribution in [2.45, 2.75) is 11.4 Å². The minimum absolute atomic E-state index is 0.0883. The first-order valence-corrected chi connectivity index (χ1v) is 12.0. The Morgan fingerprint density at radius 1 is 0.938 bits per heavy atom. The van der Waals surface area contributed by atoms with E-state index in [0.29, 0.717) is 21.9 Å². The molecule has 0 saturated carbocycles. The molecule has 0 radical (unpaired) electrons. The van der Waals surface area contributed by atoms with Crippen LogP contribution in [0.3, 0.4) is 0 Å². The minimum Gasteiger partial charge on any atom is -0.451 e. The highest BCUT2D eigenvalue weighted by Crippen LogP contribution is 2.31. The van der Waals surface area contributed by atoms with Crippen LogP contribution in [0, 0.1) is 0 Å². The molecule has 0 fully saturated rings. The van der Waals surface area contributed by atoms with Gasteiger partial charge < -0.3 is 4.74 Å². The van der Waals surface area contributed by atoms with Gasteiger partial charge in [0.05, 0.1) is 23.2 Å². The Hall–Kier alpha value is -3.42. The second kappa shape index (κ2) is 8.98. The topological polar surface area (TPSA) is 78.3 Å². The van der Waals surface area contributed by atoms with Gasteiger partial charge in [0.2, 0.25) is 5.75 Å². The van der Waals surface area contributed by atoms with Crippen molar-refractivity contribution in [3.05, 3.63) is 106 Å². The Morgan fingerprint density at radius 3 is 2.22 bits per heavy atom. The van der Waals surface area contributed by atoms with Crippen LogP contribution >= 0.6 is 11.6 Å². The zero-order chi connectivity index (χ0) is 22.7. The molecule has 6 nitrogen and oxygen atoms in total. The molecular formula is C24H19ClN2O4S. The van der Waals surface area contributed by atoms with E-state index in [9.17, 15) is 13.2 Å². The van der Waals surface area contributed by atoms with Gasteiger partial charge in [-0.05, 0) is 47.5 Å². The van der Waals surface area contributed by atoms with Crippen LogP contribution in [-0.2, 0) is 16.4 Å². The van der Waals surface area contributed by atoms with E-state index in [1.165, 1.54) is 16.8 Å². The van der Waals surface area contributed by atoms with Gasteiger partial charge in [-0.1, -0.05) is 54.1 Å². The number of aromatic nitrogens is 2. The van der Waals surface area contributed by atoms with Crippen molar-refractivity contribution in [2.24, 2.45) is 0 Å². The first-order valence-electron chi connectivity index (χ1n) is 9.69. The molecule has 0 aliphatic carbocycles. The predicted molar refractivity (Wildman–Crippen MR) is 124 cm³/mol. The summed E-state index contributed by atoms with van der Waals surface area (Å²) in [6.07, 6.45) is 2.69. The lowest BCUT2D eigenvalue weighted by molar-refractivity contribution is 0.461. The molecule has 4 aromatic rings. The maximum Gasteiger partial charge on any atom is 0.310 e. The van der Waals surface area contributed by atoms with Crippen molar-refractivity contribution in [1.82, 2.24) is 9.78 Å². The molecule has 0 amide bonds. The minimum atomic E-state index is -3.34. The lowest BCUT2D eigenvalue weighted by atomic mass is 10.1. The maximum absolute atomic E-state index is 13.3. The fourth-order valence-electron chi connectivity index (χ4n) is 3.15. The molecule has 0 unspecified atom stereocenters. The average Bonchev–Trinajstić information content (AvgIpc) is 2.78. The Morgan fingerprint density at radius 2 is 1.59 bits per heavy atom. The number of benzene rings is 3. The van der Waals surface area contributed by atoms with Crippen molar-refractivity contribution in [1.29, 1.82) is 0 Å². The zero-order valence-corrected chi connectivity index (χ0v) is 18.7. The van der Waals surface area contributed by atoms with Crippen LogP contribution in [0.5, 0.6) is 11.5 Å². The standard InChI is InChI=1S/C24H19ClN2O4S/c1-32(29,30)21-13-7-18(8-14-21)22-15-26-27(16-17-5-3-2-4-6-17)24(28)23(22)31-20-11-9-19(25)10-12-20/h2-15H,16H2,1H3. The highest BCUT2D eigenvalue weighted by Gasteiger charge is 2.17. The van der Waals surface area contributed by atoms with E-state index in [1.54, 1.807) is 42.6 Å². The summed E-state index contributed by atoms with van der Waals surface area (Å²) in [5.74, 6) is 0.531. The molecule has 0 aliphatic rings. The van der Waals surface area contributed by atoms with E-state index in [1.807, 2.05) is 30.3 Å². The van der Waals surface area contributed by atoms with Crippen molar-refractivity contribution < 1.29 is 13.2 Å². The van der Waals surface area contributed by atoms with Gasteiger partial charge in [-0.2, -0.15) is 5.10 Å². The largest absolute Gasteiger partial charge is 0.451 e. The van der Waals surface area contributed by atoms with Crippen molar-refractivity contribution >= 4 is 21.4 Å². The molecule has 0 bridgehead atoms. The lowest BCUT2D eigenvalue weighted by Gasteiger charge is -2.14. The molecule has 1 aromatic heterocycles. The van der Waals surface area contributed by atoms with E-state index < -0.39 is 15.4 Å². The van der Waals surface area contributed by atoms with Gasteiger partial charge in [0.15, 0.2) is 9.84 Å². The van der Waals surface area contributed by atoms with E-state index in [0.717, 1.165) is 11.8 Å². The molecule has 1 heterocycles.